The van der Waals surface area contributed by atoms with Gasteiger partial charge >= 0.3 is 5.97 Å². The molecular formula is C37H44FN5O9. The summed E-state index contributed by atoms with van der Waals surface area (Å²) >= 11 is 0. The Hall–Kier alpha value is -4.99. The van der Waals surface area contributed by atoms with Crippen LogP contribution in [0.3, 0.4) is 0 Å². The van der Waals surface area contributed by atoms with Crippen LogP contribution in [0.4, 0.5) is 4.39 Å². The fraction of sp³-hybridized carbons (Fsp3) is 0.459. The van der Waals surface area contributed by atoms with Crippen LogP contribution in [-0.4, -0.2) is 116 Å². The second-order valence-corrected chi connectivity index (χ2v) is 12.4. The number of hydrogen-bond donors (Lipinski definition) is 2. The third-order valence-electron chi connectivity index (χ3n) is 8.69. The van der Waals surface area contributed by atoms with Gasteiger partial charge in [-0.15, -0.1) is 0 Å². The van der Waals surface area contributed by atoms with Gasteiger partial charge in [0.25, 0.3) is 11.5 Å². The second-order valence-electron chi connectivity index (χ2n) is 12.4. The molecular weight excluding hydrogens is 677 g/mol. The summed E-state index contributed by atoms with van der Waals surface area (Å²) in [6, 6.07) is 11.4. The molecule has 3 amide bonds. The number of aromatic amines is 1. The molecule has 278 valence electrons. The summed E-state index contributed by atoms with van der Waals surface area (Å²) in [5.74, 6) is -1.81. The molecule has 3 aromatic rings. The van der Waals surface area contributed by atoms with Gasteiger partial charge in [0.05, 0.1) is 42.6 Å². The van der Waals surface area contributed by atoms with Crippen molar-refractivity contribution >= 4 is 34.5 Å². The number of carbonyl (C=O) groups excluding carboxylic acids is 4. The molecule has 2 aliphatic heterocycles. The molecule has 52 heavy (non-hydrogen) atoms. The minimum Gasteiger partial charge on any atom is -0.463 e. The van der Waals surface area contributed by atoms with Crippen molar-refractivity contribution in [1.29, 1.82) is 0 Å². The number of H-pyrrole nitrogens is 1. The first-order valence-corrected chi connectivity index (χ1v) is 17.5. The molecule has 2 aliphatic rings. The number of benzene rings is 2. The number of aromatic nitrogens is 2. The quantitative estimate of drug-likeness (QED) is 0.135. The Bertz CT molecular complexity index is 1790. The van der Waals surface area contributed by atoms with Crippen LogP contribution in [0, 0.1) is 5.82 Å². The second kappa shape index (κ2) is 19.6. The molecule has 1 unspecified atom stereocenters. The van der Waals surface area contributed by atoms with Crippen LogP contribution in [-0.2, 0) is 39.8 Å². The summed E-state index contributed by atoms with van der Waals surface area (Å²) in [6.45, 7) is 2.79. The van der Waals surface area contributed by atoms with E-state index >= 15 is 0 Å². The number of halogens is 1. The van der Waals surface area contributed by atoms with Gasteiger partial charge in [-0.05, 0) is 36.6 Å². The van der Waals surface area contributed by atoms with E-state index in [9.17, 15) is 28.4 Å². The Morgan fingerprint density at radius 2 is 1.73 bits per heavy atom. The van der Waals surface area contributed by atoms with E-state index in [1.807, 2.05) is 18.2 Å². The summed E-state index contributed by atoms with van der Waals surface area (Å²) in [7, 11) is 0. The maximum Gasteiger partial charge on any atom is 0.305 e. The summed E-state index contributed by atoms with van der Waals surface area (Å²) in [5.41, 5.74) is 0.903. The van der Waals surface area contributed by atoms with Crippen molar-refractivity contribution in [3.8, 4) is 0 Å². The van der Waals surface area contributed by atoms with E-state index in [0.29, 0.717) is 67.7 Å². The van der Waals surface area contributed by atoms with Crippen molar-refractivity contribution in [2.24, 2.45) is 0 Å². The zero-order valence-corrected chi connectivity index (χ0v) is 29.0. The molecule has 1 atom stereocenters. The Morgan fingerprint density at radius 3 is 2.56 bits per heavy atom. The number of nitrogens with zero attached hydrogens (tertiary/aromatic N) is 3. The number of amides is 3. The van der Waals surface area contributed by atoms with Gasteiger partial charge in [0.1, 0.15) is 19.2 Å². The van der Waals surface area contributed by atoms with E-state index in [0.717, 1.165) is 0 Å². The van der Waals surface area contributed by atoms with Crippen LogP contribution in [0.15, 0.2) is 59.4 Å². The van der Waals surface area contributed by atoms with Crippen LogP contribution in [0.2, 0.25) is 0 Å². The van der Waals surface area contributed by atoms with E-state index in [2.05, 4.69) is 15.5 Å². The van der Waals surface area contributed by atoms with E-state index in [-0.39, 0.29) is 93.8 Å². The zero-order valence-electron chi connectivity index (χ0n) is 29.0. The first kappa shape index (κ1) is 38.2. The first-order valence-electron chi connectivity index (χ1n) is 17.5. The minimum absolute atomic E-state index is 0.0655. The molecule has 14 nitrogen and oxygen atoms in total. The maximum atomic E-state index is 14.9. The van der Waals surface area contributed by atoms with Crippen LogP contribution in [0.1, 0.15) is 53.7 Å². The Kier molecular flexibility index (Phi) is 14.4. The Balaban J connectivity index is 0.954. The number of ether oxygens (including phenoxy) is 4. The summed E-state index contributed by atoms with van der Waals surface area (Å²) in [5, 5.41) is 10.6. The highest BCUT2D eigenvalue weighted by atomic mass is 19.1. The van der Waals surface area contributed by atoms with Crippen molar-refractivity contribution in [2.75, 3.05) is 65.9 Å². The van der Waals surface area contributed by atoms with Crippen molar-refractivity contribution in [3.05, 3.63) is 87.6 Å². The maximum absolute atomic E-state index is 14.9. The number of carbonyl (C=O) groups is 4. The normalized spacial score (nSPS) is 16.9. The van der Waals surface area contributed by atoms with Crippen molar-refractivity contribution in [2.45, 2.75) is 44.6 Å². The summed E-state index contributed by atoms with van der Waals surface area (Å²) < 4.78 is 36.1. The molecule has 0 spiro atoms. The Labute approximate surface area is 300 Å². The van der Waals surface area contributed by atoms with Gasteiger partial charge in [-0.3, -0.25) is 24.0 Å². The monoisotopic (exact) mass is 721 g/mol. The highest BCUT2D eigenvalue weighted by Gasteiger charge is 2.26. The first-order chi connectivity index (χ1) is 25.3. The molecule has 1 fully saturated rings. The number of rotatable bonds is 15. The fourth-order valence-electron chi connectivity index (χ4n) is 5.92. The average Bonchev–Trinajstić information content (AvgIpc) is 3.14. The van der Waals surface area contributed by atoms with Crippen LogP contribution < -0.4 is 10.9 Å². The molecule has 3 heterocycles. The van der Waals surface area contributed by atoms with Crippen molar-refractivity contribution in [3.63, 3.8) is 0 Å². The molecule has 5 rings (SSSR count). The predicted octanol–water partition coefficient (Wildman–Crippen LogP) is 2.49. The molecule has 0 aliphatic carbocycles. The molecule has 2 N–H and O–H groups in total. The topological polar surface area (TPSA) is 169 Å². The van der Waals surface area contributed by atoms with Gasteiger partial charge in [0, 0.05) is 63.8 Å². The minimum atomic E-state index is -0.642. The highest BCUT2D eigenvalue weighted by molar-refractivity contribution is 5.95. The van der Waals surface area contributed by atoms with Gasteiger partial charge in [-0.25, -0.2) is 9.49 Å². The lowest BCUT2D eigenvalue weighted by Crippen LogP contribution is -2.50. The number of esters is 1. The van der Waals surface area contributed by atoms with Crippen LogP contribution in [0.25, 0.3) is 10.8 Å². The molecule has 2 aromatic carbocycles. The molecule has 0 saturated carbocycles. The van der Waals surface area contributed by atoms with Gasteiger partial charge < -0.3 is 34.1 Å². The average molecular weight is 722 g/mol. The molecule has 0 radical (unpaired) electrons. The largest absolute Gasteiger partial charge is 0.463 e. The third-order valence-corrected chi connectivity index (χ3v) is 8.69. The number of fused-ring (bicyclic) bond motifs is 1. The number of piperazine rings is 1. The van der Waals surface area contributed by atoms with E-state index < -0.39 is 11.7 Å². The van der Waals surface area contributed by atoms with Gasteiger partial charge in [0.2, 0.25) is 11.8 Å². The SMILES string of the molecule is O=C(CCCC(=O)N1CCN(C(=O)c2cc(Cc3n[nH]c(=O)c4ccccc34)ccc2F)CC1)NCCCC(=O)OCCOC1/C=C/COCOC1. The van der Waals surface area contributed by atoms with Gasteiger partial charge in [-0.2, -0.15) is 5.10 Å². The van der Waals surface area contributed by atoms with Crippen molar-refractivity contribution < 1.29 is 42.5 Å². The summed E-state index contributed by atoms with van der Waals surface area (Å²) in [4.78, 5) is 65.7. The number of hydrogen-bond acceptors (Lipinski definition) is 10. The molecule has 1 saturated heterocycles. The smallest absolute Gasteiger partial charge is 0.305 e. The van der Waals surface area contributed by atoms with E-state index in [1.165, 1.54) is 17.0 Å². The lowest BCUT2D eigenvalue weighted by Gasteiger charge is -2.35. The van der Waals surface area contributed by atoms with E-state index in [4.69, 9.17) is 18.9 Å². The fourth-order valence-corrected chi connectivity index (χ4v) is 5.92. The van der Waals surface area contributed by atoms with E-state index in [1.54, 1.807) is 29.2 Å². The summed E-state index contributed by atoms with van der Waals surface area (Å²) in [6.07, 6.45) is 5.04. The lowest BCUT2D eigenvalue weighted by atomic mass is 10.0. The molecule has 15 heteroatoms. The molecule has 0 bridgehead atoms. The molecule has 1 aromatic heterocycles. The highest BCUT2D eigenvalue weighted by Crippen LogP contribution is 2.20. The number of nitrogens with one attached hydrogen (secondary N) is 2. The van der Waals surface area contributed by atoms with Gasteiger partial charge in [0.15, 0.2) is 0 Å². The standard InChI is InChI=1S/C37H44FN5O9/c38-31-13-12-26(23-32-28-7-1-2-8-29(28)36(47)41-40-32)22-30(31)37(48)43-17-15-42(16-18-43)34(45)10-3-9-33(44)39-14-4-11-35(46)52-21-20-51-27-6-5-19-49-25-50-24-27/h1-2,5-8,12-13,22,27H,3-4,9-11,14-21,23-25H2,(H,39,44)(H,41,47)/b6-5+. The third kappa shape index (κ3) is 11.3. The van der Waals surface area contributed by atoms with Gasteiger partial charge in [-0.1, -0.05) is 36.4 Å². The van der Waals surface area contributed by atoms with Crippen LogP contribution in [0.5, 0.6) is 0 Å². The van der Waals surface area contributed by atoms with Crippen molar-refractivity contribution in [1.82, 2.24) is 25.3 Å². The predicted molar refractivity (Wildman–Crippen MR) is 187 cm³/mol. The Morgan fingerprint density at radius 1 is 0.942 bits per heavy atom. The van der Waals surface area contributed by atoms with Crippen LogP contribution >= 0.6 is 0 Å². The zero-order chi connectivity index (χ0) is 36.7. The lowest BCUT2D eigenvalue weighted by molar-refractivity contribution is -0.146.